The van der Waals surface area contributed by atoms with Crippen molar-refractivity contribution in [3.8, 4) is 0 Å². The fourth-order valence-electron chi connectivity index (χ4n) is 3.89. The van der Waals surface area contributed by atoms with E-state index in [0.29, 0.717) is 12.6 Å². The van der Waals surface area contributed by atoms with Gasteiger partial charge < -0.3 is 10.6 Å². The lowest BCUT2D eigenvalue weighted by Gasteiger charge is -2.15. The summed E-state index contributed by atoms with van der Waals surface area (Å²) in [6.45, 7) is 4.55. The lowest BCUT2D eigenvalue weighted by molar-refractivity contribution is 0.767. The largest absolute Gasteiger partial charge is 0.366 e. The lowest BCUT2D eigenvalue weighted by atomic mass is 10.1. The molecular weight excluding hydrogens is 360 g/mol. The third-order valence-corrected chi connectivity index (χ3v) is 5.32. The summed E-state index contributed by atoms with van der Waals surface area (Å²) in [5.41, 5.74) is 5.63. The number of rotatable bonds is 6. The molecule has 3 aromatic heterocycles. The van der Waals surface area contributed by atoms with Gasteiger partial charge >= 0.3 is 0 Å². The monoisotopic (exact) mass is 382 g/mol. The van der Waals surface area contributed by atoms with E-state index >= 15 is 0 Å². The Kier molecular flexibility index (Phi) is 4.44. The Hall–Kier alpha value is -3.67. The standard InChI is InChI=1S/C23H22N6/c1-2-17-15-26-29-22(25-14-16-6-5-9-24-13-16)12-21(28-23(17)29)27-20-10-18-7-3-4-8-19(18)11-20/h2-9,12-13,15,20,25H,1,10-11,14H2,(H,27,28). The van der Waals surface area contributed by atoms with E-state index in [1.807, 2.05) is 28.9 Å². The molecule has 0 spiro atoms. The number of hydrogen-bond donors (Lipinski definition) is 2. The maximum absolute atomic E-state index is 4.81. The number of nitrogens with one attached hydrogen (secondary N) is 2. The Balaban J connectivity index is 1.43. The molecular formula is C23H22N6. The van der Waals surface area contributed by atoms with Crippen molar-refractivity contribution in [1.29, 1.82) is 0 Å². The van der Waals surface area contributed by atoms with Crippen LogP contribution in [0.25, 0.3) is 11.7 Å². The van der Waals surface area contributed by atoms with E-state index in [0.717, 1.165) is 41.3 Å². The van der Waals surface area contributed by atoms with Crippen molar-refractivity contribution >= 4 is 23.4 Å². The number of anilines is 2. The fourth-order valence-corrected chi connectivity index (χ4v) is 3.89. The number of nitrogens with zero attached hydrogens (tertiary/aromatic N) is 4. The first-order valence-corrected chi connectivity index (χ1v) is 9.77. The van der Waals surface area contributed by atoms with Crippen molar-refractivity contribution in [2.45, 2.75) is 25.4 Å². The zero-order chi connectivity index (χ0) is 19.6. The first-order valence-electron chi connectivity index (χ1n) is 9.77. The highest BCUT2D eigenvalue weighted by molar-refractivity contribution is 5.69. The zero-order valence-electron chi connectivity index (χ0n) is 16.0. The Morgan fingerprint density at radius 2 is 1.93 bits per heavy atom. The van der Waals surface area contributed by atoms with Gasteiger partial charge in [0.15, 0.2) is 5.65 Å². The molecule has 0 saturated heterocycles. The maximum atomic E-state index is 4.81. The number of hydrogen-bond acceptors (Lipinski definition) is 5. The second kappa shape index (κ2) is 7.39. The molecule has 2 N–H and O–H groups in total. The summed E-state index contributed by atoms with van der Waals surface area (Å²) in [4.78, 5) is 9.00. The molecule has 4 aromatic rings. The van der Waals surface area contributed by atoms with Crippen molar-refractivity contribution in [1.82, 2.24) is 19.6 Å². The fraction of sp³-hybridized carbons (Fsp3) is 0.174. The Morgan fingerprint density at radius 1 is 1.10 bits per heavy atom. The zero-order valence-corrected chi connectivity index (χ0v) is 16.0. The van der Waals surface area contributed by atoms with Crippen LogP contribution < -0.4 is 10.6 Å². The summed E-state index contributed by atoms with van der Waals surface area (Å²) < 4.78 is 1.82. The van der Waals surface area contributed by atoms with Crippen molar-refractivity contribution in [3.63, 3.8) is 0 Å². The van der Waals surface area contributed by atoms with Crippen LogP contribution in [0.3, 0.4) is 0 Å². The quantitative estimate of drug-likeness (QED) is 0.528. The molecule has 0 saturated carbocycles. The van der Waals surface area contributed by atoms with Crippen LogP contribution in [0.5, 0.6) is 0 Å². The van der Waals surface area contributed by atoms with Crippen LogP contribution in [-0.4, -0.2) is 25.6 Å². The Morgan fingerprint density at radius 3 is 2.66 bits per heavy atom. The maximum Gasteiger partial charge on any atom is 0.166 e. The van der Waals surface area contributed by atoms with E-state index in [1.54, 1.807) is 18.5 Å². The van der Waals surface area contributed by atoms with Gasteiger partial charge in [-0.1, -0.05) is 43.0 Å². The number of pyridine rings is 1. The summed E-state index contributed by atoms with van der Waals surface area (Å²) in [5, 5.41) is 11.6. The van der Waals surface area contributed by atoms with E-state index < -0.39 is 0 Å². The minimum absolute atomic E-state index is 0.337. The van der Waals surface area contributed by atoms with Gasteiger partial charge in [-0.05, 0) is 35.6 Å². The Labute approximate surface area is 169 Å². The molecule has 6 nitrogen and oxygen atoms in total. The first-order chi connectivity index (χ1) is 14.3. The van der Waals surface area contributed by atoms with Crippen molar-refractivity contribution in [2.75, 3.05) is 10.6 Å². The molecule has 0 unspecified atom stereocenters. The molecule has 0 atom stereocenters. The van der Waals surface area contributed by atoms with Crippen molar-refractivity contribution in [3.05, 3.63) is 89.9 Å². The van der Waals surface area contributed by atoms with Gasteiger partial charge in [-0.2, -0.15) is 9.61 Å². The van der Waals surface area contributed by atoms with Gasteiger partial charge in [-0.25, -0.2) is 4.98 Å². The third kappa shape index (κ3) is 3.45. The average Bonchev–Trinajstić information content (AvgIpc) is 3.36. The van der Waals surface area contributed by atoms with Crippen LogP contribution in [-0.2, 0) is 19.4 Å². The summed E-state index contributed by atoms with van der Waals surface area (Å²) in [5.74, 6) is 1.72. The van der Waals surface area contributed by atoms with Crippen LogP contribution in [0.1, 0.15) is 22.3 Å². The topological polar surface area (TPSA) is 67.1 Å². The molecule has 1 aromatic carbocycles. The molecule has 144 valence electrons. The van der Waals surface area contributed by atoms with Crippen LogP contribution >= 0.6 is 0 Å². The van der Waals surface area contributed by atoms with Crippen LogP contribution in [0, 0.1) is 0 Å². The number of aromatic nitrogens is 4. The molecule has 3 heterocycles. The molecule has 29 heavy (non-hydrogen) atoms. The molecule has 6 heteroatoms. The van der Waals surface area contributed by atoms with Gasteiger partial charge in [0.2, 0.25) is 0 Å². The van der Waals surface area contributed by atoms with Crippen LogP contribution in [0.15, 0.2) is 67.6 Å². The van der Waals surface area contributed by atoms with E-state index in [1.165, 1.54) is 11.1 Å². The van der Waals surface area contributed by atoms with Gasteiger partial charge in [0, 0.05) is 36.6 Å². The smallest absolute Gasteiger partial charge is 0.166 e. The molecule has 0 bridgehead atoms. The van der Waals surface area contributed by atoms with Gasteiger partial charge in [0.05, 0.1) is 6.20 Å². The SMILES string of the molecule is C=Cc1cnn2c(NCc3cccnc3)cc(NC3Cc4ccccc4C3)nc12. The van der Waals surface area contributed by atoms with E-state index in [4.69, 9.17) is 4.98 Å². The summed E-state index contributed by atoms with van der Waals surface area (Å²) >= 11 is 0. The molecule has 5 rings (SSSR count). The predicted octanol–water partition coefficient (Wildman–Crippen LogP) is 3.96. The minimum Gasteiger partial charge on any atom is -0.366 e. The highest BCUT2D eigenvalue weighted by Crippen LogP contribution is 2.26. The highest BCUT2D eigenvalue weighted by atomic mass is 15.3. The molecule has 0 radical (unpaired) electrons. The lowest BCUT2D eigenvalue weighted by Crippen LogP contribution is -2.21. The number of benzene rings is 1. The molecule has 0 amide bonds. The second-order valence-electron chi connectivity index (χ2n) is 7.30. The molecule has 1 aliphatic rings. The van der Waals surface area contributed by atoms with Gasteiger partial charge in [-0.3, -0.25) is 4.98 Å². The minimum atomic E-state index is 0.337. The normalized spacial score (nSPS) is 13.4. The van der Waals surface area contributed by atoms with Crippen LogP contribution in [0.2, 0.25) is 0 Å². The van der Waals surface area contributed by atoms with Crippen molar-refractivity contribution < 1.29 is 0 Å². The third-order valence-electron chi connectivity index (χ3n) is 5.32. The average molecular weight is 382 g/mol. The van der Waals surface area contributed by atoms with E-state index in [-0.39, 0.29) is 0 Å². The molecule has 1 aliphatic carbocycles. The van der Waals surface area contributed by atoms with Crippen LogP contribution in [0.4, 0.5) is 11.6 Å². The first kappa shape index (κ1) is 17.4. The summed E-state index contributed by atoms with van der Waals surface area (Å²) in [6, 6.07) is 15.0. The second-order valence-corrected chi connectivity index (χ2v) is 7.30. The van der Waals surface area contributed by atoms with Gasteiger partial charge in [0.25, 0.3) is 0 Å². The van der Waals surface area contributed by atoms with E-state index in [2.05, 4.69) is 51.6 Å². The summed E-state index contributed by atoms with van der Waals surface area (Å²) in [6.07, 6.45) is 9.23. The number of fused-ring (bicyclic) bond motifs is 2. The highest BCUT2D eigenvalue weighted by Gasteiger charge is 2.21. The predicted molar refractivity (Wildman–Crippen MR) is 116 cm³/mol. The van der Waals surface area contributed by atoms with E-state index in [9.17, 15) is 0 Å². The Bertz CT molecular complexity index is 1140. The molecule has 0 aliphatic heterocycles. The molecule has 0 fully saturated rings. The van der Waals surface area contributed by atoms with Gasteiger partial charge in [-0.15, -0.1) is 0 Å². The summed E-state index contributed by atoms with van der Waals surface area (Å²) in [7, 11) is 0. The van der Waals surface area contributed by atoms with Crippen molar-refractivity contribution in [2.24, 2.45) is 0 Å². The van der Waals surface area contributed by atoms with Gasteiger partial charge in [0.1, 0.15) is 11.6 Å².